The molecule has 13 nitrogen and oxygen atoms in total. The van der Waals surface area contributed by atoms with Crippen LogP contribution in [0.5, 0.6) is 0 Å². The van der Waals surface area contributed by atoms with Crippen LogP contribution in [-0.2, 0) is 43.6 Å². The van der Waals surface area contributed by atoms with E-state index in [1.165, 1.54) is 6.08 Å². The van der Waals surface area contributed by atoms with E-state index in [4.69, 9.17) is 11.3 Å². The Labute approximate surface area is 257 Å². The maximum absolute atomic E-state index is 13.3. The van der Waals surface area contributed by atoms with Crippen molar-refractivity contribution in [1.82, 2.24) is 16.0 Å². The van der Waals surface area contributed by atoms with Crippen LogP contribution in [0.25, 0.3) is 10.4 Å². The van der Waals surface area contributed by atoms with E-state index < -0.39 is 58.3 Å². The van der Waals surface area contributed by atoms with Crippen LogP contribution in [0.1, 0.15) is 37.0 Å². The maximum Gasteiger partial charge on any atom is 0.245 e. The van der Waals surface area contributed by atoms with Crippen LogP contribution < -0.4 is 21.7 Å². The smallest absolute Gasteiger partial charge is 0.245 e. The normalized spacial score (nSPS) is 14.2. The molecule has 0 heterocycles. The van der Waals surface area contributed by atoms with E-state index in [9.17, 15) is 27.9 Å². The third kappa shape index (κ3) is 13.0. The van der Waals surface area contributed by atoms with Gasteiger partial charge in [0.1, 0.15) is 18.1 Å². The number of sulfone groups is 1. The lowest BCUT2D eigenvalue weighted by atomic mass is 10.0. The van der Waals surface area contributed by atoms with Gasteiger partial charge in [-0.3, -0.25) is 14.4 Å². The second-order valence-corrected chi connectivity index (χ2v) is 12.8. The predicted molar refractivity (Wildman–Crippen MR) is 167 cm³/mol. The molecule has 0 aliphatic rings. The minimum Gasteiger partial charge on any atom is -0.394 e. The topological polar surface area (TPSA) is 216 Å². The van der Waals surface area contributed by atoms with Gasteiger partial charge in [0.15, 0.2) is 9.84 Å². The van der Waals surface area contributed by atoms with Gasteiger partial charge in [-0.25, -0.2) is 8.42 Å². The summed E-state index contributed by atoms with van der Waals surface area (Å²) in [6.45, 7) is 3.28. The summed E-state index contributed by atoms with van der Waals surface area (Å²) in [6, 6.07) is 11.8. The Morgan fingerprint density at radius 3 is 2.02 bits per heavy atom. The zero-order valence-electron chi connectivity index (χ0n) is 25.1. The van der Waals surface area contributed by atoms with Gasteiger partial charge >= 0.3 is 0 Å². The van der Waals surface area contributed by atoms with Gasteiger partial charge in [0.05, 0.1) is 12.6 Å². The molecule has 3 amide bonds. The number of hydrogen-bond donors (Lipinski definition) is 5. The molecule has 14 heteroatoms. The number of amides is 3. The van der Waals surface area contributed by atoms with E-state index >= 15 is 0 Å². The molecule has 0 aliphatic carbocycles. The molecule has 0 bridgehead atoms. The Bertz CT molecular complexity index is 1430. The van der Waals surface area contributed by atoms with Gasteiger partial charge in [0.2, 0.25) is 17.7 Å². The summed E-state index contributed by atoms with van der Waals surface area (Å²) < 4.78 is 23.5. The number of nitrogens with two attached hydrogens (primary N) is 1. The first-order valence-electron chi connectivity index (χ1n) is 14.1. The zero-order valence-corrected chi connectivity index (χ0v) is 25.9. The van der Waals surface area contributed by atoms with Crippen molar-refractivity contribution in [2.75, 3.05) is 12.9 Å². The second kappa shape index (κ2) is 17.8. The molecule has 4 atom stereocenters. The fourth-order valence-electron chi connectivity index (χ4n) is 4.28. The van der Waals surface area contributed by atoms with Crippen LogP contribution in [0.3, 0.4) is 0 Å². The lowest BCUT2D eigenvalue weighted by molar-refractivity contribution is -0.133. The molecule has 6 N–H and O–H groups in total. The molecular weight excluding hydrogens is 586 g/mol. The highest BCUT2D eigenvalue weighted by Gasteiger charge is 2.30. The first-order valence-corrected chi connectivity index (χ1v) is 16.1. The minimum atomic E-state index is -3.51. The number of hydrogen-bond acceptors (Lipinski definition) is 8. The molecular formula is C30H41N7O6S. The van der Waals surface area contributed by atoms with Gasteiger partial charge in [0.25, 0.3) is 0 Å². The molecule has 0 saturated carbocycles. The standard InChI is InChI=1S/C30H41N7O6S/c1-20(2)15-25(34-29(40)26(36-37-32)17-21-7-5-4-6-8-21)28(39)35-27(19-38)30(41)33-24(13-14-44(3,42)43)16-22-9-11-23(18-31)12-10-22/h4-14,20,24-27,38H,15-19,31H2,1-3H3,(H,33,41)(H,34,40)(H,35,39)/b14-13+/t24-,25+,26?,27+/m1/s1. The number of carbonyl (C=O) groups excluding carboxylic acids is 3. The fraction of sp³-hybridized carbons (Fsp3) is 0.433. The lowest BCUT2D eigenvalue weighted by Gasteiger charge is -2.25. The van der Waals surface area contributed by atoms with Crippen molar-refractivity contribution in [3.63, 3.8) is 0 Å². The van der Waals surface area contributed by atoms with Crippen LogP contribution in [-0.4, -0.2) is 68.3 Å². The SMILES string of the molecule is CC(C)C[C@H](NC(=O)C(Cc1ccccc1)N=[N+]=[N-])C(=O)N[C@@H](CO)C(=O)N[C@H](/C=C/S(C)(=O)=O)Cc1ccc(CN)cc1. The molecule has 1 unspecified atom stereocenters. The summed E-state index contributed by atoms with van der Waals surface area (Å²) in [5, 5.41) is 22.3. The number of aliphatic hydroxyl groups is 1. The van der Waals surface area contributed by atoms with Crippen molar-refractivity contribution in [1.29, 1.82) is 0 Å². The average Bonchev–Trinajstić information content (AvgIpc) is 2.98. The summed E-state index contributed by atoms with van der Waals surface area (Å²) in [6.07, 6.45) is 2.88. The van der Waals surface area contributed by atoms with Crippen molar-refractivity contribution in [2.24, 2.45) is 16.8 Å². The van der Waals surface area contributed by atoms with Crippen molar-refractivity contribution in [2.45, 2.75) is 63.8 Å². The quantitative estimate of drug-likeness (QED) is 0.0992. The molecule has 0 aromatic heterocycles. The number of aliphatic hydroxyl groups excluding tert-OH is 1. The van der Waals surface area contributed by atoms with E-state index in [2.05, 4.69) is 26.0 Å². The van der Waals surface area contributed by atoms with Crippen LogP contribution in [0.2, 0.25) is 0 Å². The molecule has 0 saturated heterocycles. The van der Waals surface area contributed by atoms with E-state index in [1.807, 2.05) is 44.2 Å². The first kappa shape index (κ1) is 36.0. The second-order valence-electron chi connectivity index (χ2n) is 10.8. The predicted octanol–water partition coefficient (Wildman–Crippen LogP) is 1.66. The number of rotatable bonds is 17. The highest BCUT2D eigenvalue weighted by Crippen LogP contribution is 2.11. The van der Waals surface area contributed by atoms with Crippen molar-refractivity contribution in [3.05, 3.63) is 93.2 Å². The maximum atomic E-state index is 13.3. The molecule has 0 aliphatic heterocycles. The average molecular weight is 628 g/mol. The van der Waals surface area contributed by atoms with E-state index in [0.29, 0.717) is 6.54 Å². The fourth-order valence-corrected chi connectivity index (χ4v) is 4.75. The summed E-state index contributed by atoms with van der Waals surface area (Å²) in [7, 11) is -3.51. The Kier molecular flexibility index (Phi) is 14.5. The van der Waals surface area contributed by atoms with Crippen molar-refractivity contribution in [3.8, 4) is 0 Å². The Morgan fingerprint density at radius 1 is 0.909 bits per heavy atom. The van der Waals surface area contributed by atoms with E-state index in [0.717, 1.165) is 28.4 Å². The van der Waals surface area contributed by atoms with Crippen molar-refractivity contribution < 1.29 is 27.9 Å². The van der Waals surface area contributed by atoms with E-state index in [-0.39, 0.29) is 25.2 Å². The minimum absolute atomic E-state index is 0.0457. The molecule has 2 aromatic rings. The highest BCUT2D eigenvalue weighted by molar-refractivity contribution is 7.93. The van der Waals surface area contributed by atoms with Crippen LogP contribution >= 0.6 is 0 Å². The van der Waals surface area contributed by atoms with Gasteiger partial charge in [-0.1, -0.05) is 79.6 Å². The van der Waals surface area contributed by atoms with Crippen molar-refractivity contribution >= 4 is 27.6 Å². The van der Waals surface area contributed by atoms with Crippen LogP contribution in [0.4, 0.5) is 0 Å². The molecule has 238 valence electrons. The molecule has 0 radical (unpaired) electrons. The van der Waals surface area contributed by atoms with Crippen LogP contribution in [0, 0.1) is 5.92 Å². The number of nitrogens with one attached hydrogen (secondary N) is 3. The molecule has 0 spiro atoms. The Morgan fingerprint density at radius 2 is 1.48 bits per heavy atom. The number of benzene rings is 2. The van der Waals surface area contributed by atoms with Crippen LogP contribution in [0.15, 0.2) is 71.2 Å². The summed E-state index contributed by atoms with van der Waals surface area (Å²) in [5.74, 6) is -2.19. The third-order valence-corrected chi connectivity index (χ3v) is 7.17. The number of nitrogens with zero attached hydrogens (tertiary/aromatic N) is 3. The number of azide groups is 1. The van der Waals surface area contributed by atoms with Gasteiger partial charge in [-0.15, -0.1) is 0 Å². The Hall–Kier alpha value is -4.23. The van der Waals surface area contributed by atoms with Gasteiger partial charge in [-0.05, 0) is 47.4 Å². The molecule has 2 rings (SSSR count). The number of carbonyl (C=O) groups is 3. The molecule has 0 fully saturated rings. The van der Waals surface area contributed by atoms with Gasteiger partial charge in [0, 0.05) is 23.1 Å². The monoisotopic (exact) mass is 627 g/mol. The zero-order chi connectivity index (χ0) is 32.7. The van der Waals surface area contributed by atoms with E-state index in [1.54, 1.807) is 24.3 Å². The van der Waals surface area contributed by atoms with Gasteiger partial charge in [-0.2, -0.15) is 0 Å². The third-order valence-electron chi connectivity index (χ3n) is 6.52. The summed E-state index contributed by atoms with van der Waals surface area (Å²) in [5.41, 5.74) is 17.1. The highest BCUT2D eigenvalue weighted by atomic mass is 32.2. The first-order chi connectivity index (χ1) is 20.8. The molecule has 2 aromatic carbocycles. The summed E-state index contributed by atoms with van der Waals surface area (Å²) >= 11 is 0. The van der Waals surface area contributed by atoms with Gasteiger partial charge < -0.3 is 26.8 Å². The lowest BCUT2D eigenvalue weighted by Crippen LogP contribution is -2.57. The summed E-state index contributed by atoms with van der Waals surface area (Å²) in [4.78, 5) is 42.3. The molecule has 44 heavy (non-hydrogen) atoms. The Balaban J connectivity index is 2.18. The largest absolute Gasteiger partial charge is 0.394 e.